The molecule has 2 aromatic heterocycles. The summed E-state index contributed by atoms with van der Waals surface area (Å²) in [7, 11) is 0. The second kappa shape index (κ2) is 4.62. The van der Waals surface area contributed by atoms with Crippen LogP contribution < -0.4 is 4.72 Å². The molecule has 0 saturated heterocycles. The third kappa shape index (κ3) is 2.47. The zero-order valence-electron chi connectivity index (χ0n) is 7.42. The summed E-state index contributed by atoms with van der Waals surface area (Å²) in [4.78, 5) is 8.30. The van der Waals surface area contributed by atoms with E-state index in [2.05, 4.69) is 14.7 Å². The fraction of sp³-hybridized carbons (Fsp3) is 0. The number of hydrogen-bond acceptors (Lipinski definition) is 4. The van der Waals surface area contributed by atoms with Crippen LogP contribution in [0.15, 0.2) is 53.8 Å². The molecule has 2 rings (SSSR count). The van der Waals surface area contributed by atoms with E-state index in [0.717, 1.165) is 10.8 Å². The number of aromatic nitrogens is 2. The van der Waals surface area contributed by atoms with Crippen molar-refractivity contribution in [3.63, 3.8) is 0 Å². The predicted octanol–water partition coefficient (Wildman–Crippen LogP) is 2.60. The highest BCUT2D eigenvalue weighted by Crippen LogP contribution is 2.15. The summed E-state index contributed by atoms with van der Waals surface area (Å²) < 4.78 is 3.10. The van der Waals surface area contributed by atoms with Crippen molar-refractivity contribution in [1.82, 2.24) is 9.97 Å². The zero-order valence-corrected chi connectivity index (χ0v) is 8.24. The SMILES string of the molecule is c1ccc(NSc2ccccn2)nc1. The monoisotopic (exact) mass is 203 g/mol. The van der Waals surface area contributed by atoms with E-state index in [9.17, 15) is 0 Å². The highest BCUT2D eigenvalue weighted by molar-refractivity contribution is 8.00. The molecule has 0 unspecified atom stereocenters. The maximum absolute atomic E-state index is 4.17. The molecule has 14 heavy (non-hydrogen) atoms. The van der Waals surface area contributed by atoms with Crippen molar-refractivity contribution < 1.29 is 0 Å². The van der Waals surface area contributed by atoms with Gasteiger partial charge in [0, 0.05) is 24.3 Å². The van der Waals surface area contributed by atoms with Crippen LogP contribution in [0.1, 0.15) is 0 Å². The van der Waals surface area contributed by atoms with E-state index in [4.69, 9.17) is 0 Å². The molecule has 0 aromatic carbocycles. The van der Waals surface area contributed by atoms with Crippen LogP contribution in [0.4, 0.5) is 5.82 Å². The average Bonchev–Trinajstić information content (AvgIpc) is 2.29. The molecule has 3 nitrogen and oxygen atoms in total. The Morgan fingerprint density at radius 3 is 2.36 bits per heavy atom. The summed E-state index contributed by atoms with van der Waals surface area (Å²) >= 11 is 1.45. The van der Waals surface area contributed by atoms with Gasteiger partial charge in [-0.25, -0.2) is 9.97 Å². The lowest BCUT2D eigenvalue weighted by Crippen LogP contribution is -1.89. The molecular weight excluding hydrogens is 194 g/mol. The topological polar surface area (TPSA) is 37.8 Å². The Morgan fingerprint density at radius 2 is 1.71 bits per heavy atom. The second-order valence-corrected chi connectivity index (χ2v) is 3.41. The van der Waals surface area contributed by atoms with Crippen LogP contribution in [0.25, 0.3) is 0 Å². The lowest BCUT2D eigenvalue weighted by molar-refractivity contribution is 1.14. The van der Waals surface area contributed by atoms with E-state index in [1.807, 2.05) is 36.4 Å². The number of rotatable bonds is 3. The molecule has 0 radical (unpaired) electrons. The molecule has 1 N–H and O–H groups in total. The first kappa shape index (κ1) is 9.02. The molecule has 0 aliphatic rings. The molecular formula is C10H9N3S. The van der Waals surface area contributed by atoms with Crippen LogP contribution in [0.3, 0.4) is 0 Å². The summed E-state index contributed by atoms with van der Waals surface area (Å²) in [5, 5.41) is 0.929. The Morgan fingerprint density at radius 1 is 0.929 bits per heavy atom. The summed E-state index contributed by atoms with van der Waals surface area (Å²) in [5.41, 5.74) is 0. The van der Waals surface area contributed by atoms with Crippen molar-refractivity contribution in [1.29, 1.82) is 0 Å². The van der Waals surface area contributed by atoms with E-state index in [1.54, 1.807) is 12.4 Å². The first-order chi connectivity index (χ1) is 6.95. The fourth-order valence-corrected chi connectivity index (χ4v) is 1.53. The van der Waals surface area contributed by atoms with Gasteiger partial charge in [0.1, 0.15) is 10.8 Å². The summed E-state index contributed by atoms with van der Waals surface area (Å²) in [5.74, 6) is 0.836. The number of hydrogen-bond donors (Lipinski definition) is 1. The first-order valence-corrected chi connectivity index (χ1v) is 5.02. The van der Waals surface area contributed by atoms with Crippen LogP contribution in [0.2, 0.25) is 0 Å². The van der Waals surface area contributed by atoms with Gasteiger partial charge in [-0.3, -0.25) is 0 Å². The molecule has 0 saturated carbocycles. The maximum atomic E-state index is 4.17. The average molecular weight is 203 g/mol. The molecule has 0 spiro atoms. The van der Waals surface area contributed by atoms with Gasteiger partial charge < -0.3 is 4.72 Å². The number of nitrogens with one attached hydrogen (secondary N) is 1. The van der Waals surface area contributed by atoms with Gasteiger partial charge in [0.15, 0.2) is 0 Å². The van der Waals surface area contributed by atoms with Gasteiger partial charge in [-0.15, -0.1) is 0 Å². The van der Waals surface area contributed by atoms with Crippen molar-refractivity contribution in [2.75, 3.05) is 4.72 Å². The standard InChI is InChI=1S/C10H9N3S/c1-3-7-11-9(5-1)13-14-10-6-2-4-8-12-10/h1-8H,(H,11,13). The molecule has 70 valence electrons. The van der Waals surface area contributed by atoms with E-state index >= 15 is 0 Å². The van der Waals surface area contributed by atoms with E-state index in [1.165, 1.54) is 11.9 Å². The molecule has 0 fully saturated rings. The summed E-state index contributed by atoms with van der Waals surface area (Å²) in [6, 6.07) is 11.5. The Balaban J connectivity index is 1.96. The summed E-state index contributed by atoms with van der Waals surface area (Å²) in [6.45, 7) is 0. The van der Waals surface area contributed by atoms with E-state index in [-0.39, 0.29) is 0 Å². The Hall–Kier alpha value is -1.55. The molecule has 0 atom stereocenters. The minimum atomic E-state index is 0.836. The number of pyridine rings is 2. The first-order valence-electron chi connectivity index (χ1n) is 4.20. The number of anilines is 1. The van der Waals surface area contributed by atoms with E-state index < -0.39 is 0 Å². The van der Waals surface area contributed by atoms with Crippen molar-refractivity contribution in [2.24, 2.45) is 0 Å². The lowest BCUT2D eigenvalue weighted by atomic mass is 10.5. The predicted molar refractivity (Wildman–Crippen MR) is 58.0 cm³/mol. The van der Waals surface area contributed by atoms with Crippen LogP contribution in [0.5, 0.6) is 0 Å². The van der Waals surface area contributed by atoms with Gasteiger partial charge in [0.05, 0.1) is 0 Å². The highest BCUT2D eigenvalue weighted by Gasteiger charge is 1.94. The van der Waals surface area contributed by atoms with Gasteiger partial charge in [0.2, 0.25) is 0 Å². The lowest BCUT2D eigenvalue weighted by Gasteiger charge is -2.01. The van der Waals surface area contributed by atoms with Crippen molar-refractivity contribution in [3.8, 4) is 0 Å². The molecule has 0 bridgehead atoms. The van der Waals surface area contributed by atoms with Gasteiger partial charge >= 0.3 is 0 Å². The third-order valence-corrected chi connectivity index (χ3v) is 2.32. The normalized spacial score (nSPS) is 9.71. The third-order valence-electron chi connectivity index (χ3n) is 1.56. The molecule has 2 heterocycles. The Bertz CT molecular complexity index is 338. The molecule has 0 aliphatic carbocycles. The summed E-state index contributed by atoms with van der Waals surface area (Å²) in [6.07, 6.45) is 3.52. The fourth-order valence-electron chi connectivity index (χ4n) is 0.935. The van der Waals surface area contributed by atoms with Crippen LogP contribution in [0, 0.1) is 0 Å². The van der Waals surface area contributed by atoms with Crippen molar-refractivity contribution in [3.05, 3.63) is 48.8 Å². The smallest absolute Gasteiger partial charge is 0.136 e. The second-order valence-electron chi connectivity index (χ2n) is 2.59. The Labute approximate surface area is 86.7 Å². The van der Waals surface area contributed by atoms with E-state index in [0.29, 0.717) is 0 Å². The van der Waals surface area contributed by atoms with Gasteiger partial charge in [-0.1, -0.05) is 12.1 Å². The zero-order chi connectivity index (χ0) is 9.64. The van der Waals surface area contributed by atoms with Gasteiger partial charge in [-0.2, -0.15) is 0 Å². The molecule has 0 amide bonds. The minimum Gasteiger partial charge on any atom is -0.309 e. The van der Waals surface area contributed by atoms with Crippen LogP contribution in [-0.4, -0.2) is 9.97 Å². The molecule has 4 heteroatoms. The highest BCUT2D eigenvalue weighted by atomic mass is 32.2. The largest absolute Gasteiger partial charge is 0.309 e. The van der Waals surface area contributed by atoms with Gasteiger partial charge in [0.25, 0.3) is 0 Å². The van der Waals surface area contributed by atoms with Crippen LogP contribution in [-0.2, 0) is 0 Å². The van der Waals surface area contributed by atoms with Crippen molar-refractivity contribution >= 4 is 17.8 Å². The molecule has 0 aliphatic heterocycles. The van der Waals surface area contributed by atoms with Crippen LogP contribution >= 0.6 is 11.9 Å². The maximum Gasteiger partial charge on any atom is 0.136 e. The quantitative estimate of drug-likeness (QED) is 0.778. The minimum absolute atomic E-state index is 0.836. The number of nitrogens with zero attached hydrogens (tertiary/aromatic N) is 2. The van der Waals surface area contributed by atoms with Crippen molar-refractivity contribution in [2.45, 2.75) is 5.03 Å². The molecule has 2 aromatic rings. The Kier molecular flexibility index (Phi) is 2.98. The van der Waals surface area contributed by atoms with Gasteiger partial charge in [-0.05, 0) is 24.3 Å².